The number of fused-ring (bicyclic) bond motifs is 3. The van der Waals surface area contributed by atoms with Crippen LogP contribution >= 0.6 is 15.9 Å². The molecular weight excluding hydrogens is 708 g/mol. The molecule has 4 aliphatic heterocycles. The molecule has 2 aromatic carbocycles. The van der Waals surface area contributed by atoms with Crippen LogP contribution in [0.5, 0.6) is 0 Å². The van der Waals surface area contributed by atoms with Gasteiger partial charge in [-0.25, -0.2) is 4.68 Å². The fourth-order valence-corrected chi connectivity index (χ4v) is 8.48. The quantitative estimate of drug-likeness (QED) is 0.297. The molecule has 5 bridgehead atoms. The molecule has 7 atom stereocenters. The maximum absolute atomic E-state index is 14.9. The van der Waals surface area contributed by atoms with E-state index in [-0.39, 0.29) is 45.1 Å². The second-order valence-corrected chi connectivity index (χ2v) is 14.2. The molecule has 5 heterocycles. The molecule has 2 fully saturated rings. The number of aliphatic hydroxyl groups is 1. The summed E-state index contributed by atoms with van der Waals surface area (Å²) in [7, 11) is 1.69. The van der Waals surface area contributed by atoms with E-state index in [0.717, 1.165) is 5.52 Å². The third kappa shape index (κ3) is 5.72. The van der Waals surface area contributed by atoms with Crippen molar-refractivity contribution in [2.45, 2.75) is 62.7 Å². The molecule has 4 aliphatic rings. The number of halogens is 1. The van der Waals surface area contributed by atoms with Gasteiger partial charge in [0.25, 0.3) is 5.91 Å². The minimum atomic E-state index is -1.47. The van der Waals surface area contributed by atoms with Crippen molar-refractivity contribution in [3.05, 3.63) is 82.9 Å². The van der Waals surface area contributed by atoms with E-state index < -0.39 is 59.5 Å². The summed E-state index contributed by atoms with van der Waals surface area (Å²) in [6.45, 7) is 1.87. The first kappa shape index (κ1) is 34.1. The molecule has 0 saturated carbocycles. The maximum atomic E-state index is 14.9. The highest BCUT2D eigenvalue weighted by molar-refractivity contribution is 9.11. The number of carbonyl (C=O) groups excluding carboxylic acids is 4. The van der Waals surface area contributed by atoms with E-state index in [0.29, 0.717) is 22.0 Å². The SMILES string of the molecule is C[C@@H]1[C@@H](c2ccccc2)OC(=O)[C@@H]2[C@H]3O[C@@]4(C=C3Br)[C@H](C(=O)N(Cn3nnc5ccccc53)C/C=C\CCC(=O)N1C)N(CCCO)C(=O)[C@@H]24. The maximum Gasteiger partial charge on any atom is 0.313 e. The molecule has 13 nitrogen and oxygen atoms in total. The number of likely N-dealkylation sites (tertiary alicyclic amines) is 1. The van der Waals surface area contributed by atoms with E-state index in [1.807, 2.05) is 73.7 Å². The van der Waals surface area contributed by atoms with E-state index in [9.17, 15) is 24.3 Å². The standard InChI is InChI=1S/C36H39BrN6O7/c1-22-30(23-12-5-3-6-13-23)49-35(48)28-29-33(46)42(18-11-19-44)32(36(29)20-24(37)31(28)50-36)34(47)41(17-10-4-7-16-27(45)40(22)2)21-43-26-15-9-8-14-25(26)38-39-43/h3-6,8-10,12-15,20,22,28-32,44H,7,11,16-19,21H2,1-2H3/b10-4-/t22-,28+,29-,30+,31+,32+,36-/m1/s1. The number of aromatic nitrogens is 3. The van der Waals surface area contributed by atoms with Gasteiger partial charge in [0.15, 0.2) is 0 Å². The van der Waals surface area contributed by atoms with Crippen molar-refractivity contribution in [1.82, 2.24) is 29.7 Å². The Bertz CT molecular complexity index is 1870. The van der Waals surface area contributed by atoms with Crippen LogP contribution in [0.2, 0.25) is 0 Å². The molecule has 7 rings (SSSR count). The van der Waals surface area contributed by atoms with Crippen molar-refractivity contribution < 1.29 is 33.8 Å². The number of hydrogen-bond acceptors (Lipinski definition) is 9. The van der Waals surface area contributed by atoms with Gasteiger partial charge in [0.05, 0.1) is 17.5 Å². The molecule has 3 aromatic rings. The van der Waals surface area contributed by atoms with Crippen molar-refractivity contribution in [2.75, 3.05) is 26.7 Å². The highest BCUT2D eigenvalue weighted by Crippen LogP contribution is 2.59. The third-order valence-electron chi connectivity index (χ3n) is 10.4. The lowest BCUT2D eigenvalue weighted by Gasteiger charge is -2.35. The van der Waals surface area contributed by atoms with Gasteiger partial charge >= 0.3 is 5.97 Å². The van der Waals surface area contributed by atoms with Gasteiger partial charge < -0.3 is 29.3 Å². The Balaban J connectivity index is 1.32. The lowest BCUT2D eigenvalue weighted by Crippen LogP contribution is -2.56. The number of allylic oxidation sites excluding steroid dienone is 1. The molecule has 262 valence electrons. The molecule has 3 amide bonds. The third-order valence-corrected chi connectivity index (χ3v) is 11.0. The first-order valence-corrected chi connectivity index (χ1v) is 17.7. The van der Waals surface area contributed by atoms with Crippen LogP contribution in [0.4, 0.5) is 0 Å². The predicted octanol–water partition coefficient (Wildman–Crippen LogP) is 2.95. The summed E-state index contributed by atoms with van der Waals surface area (Å²) in [5.74, 6) is -3.75. The number of carbonyl (C=O) groups is 4. The van der Waals surface area contributed by atoms with Crippen LogP contribution in [-0.4, -0.2) is 109 Å². The van der Waals surface area contributed by atoms with E-state index in [2.05, 4.69) is 26.2 Å². The number of para-hydroxylation sites is 1. The van der Waals surface area contributed by atoms with E-state index in [1.165, 1.54) is 4.90 Å². The Morgan fingerprint density at radius 1 is 1.00 bits per heavy atom. The average Bonchev–Trinajstić information content (AvgIpc) is 3.84. The number of likely N-dealkylation sites (N-methyl/N-ethyl adjacent to an activating group) is 1. The molecule has 1 N–H and O–H groups in total. The summed E-state index contributed by atoms with van der Waals surface area (Å²) < 4.78 is 15.1. The minimum absolute atomic E-state index is 0.0146. The number of amides is 3. The summed E-state index contributed by atoms with van der Waals surface area (Å²) in [4.78, 5) is 61.8. The summed E-state index contributed by atoms with van der Waals surface area (Å²) in [6.07, 6.45) is 4.60. The number of hydrogen-bond donors (Lipinski definition) is 1. The second-order valence-electron chi connectivity index (χ2n) is 13.2. The summed E-state index contributed by atoms with van der Waals surface area (Å²) >= 11 is 3.60. The molecule has 0 aliphatic carbocycles. The zero-order valence-corrected chi connectivity index (χ0v) is 29.4. The smallest absolute Gasteiger partial charge is 0.313 e. The van der Waals surface area contributed by atoms with Crippen LogP contribution in [0, 0.1) is 11.8 Å². The zero-order chi connectivity index (χ0) is 35.2. The van der Waals surface area contributed by atoms with Crippen molar-refractivity contribution in [3.63, 3.8) is 0 Å². The van der Waals surface area contributed by atoms with Gasteiger partial charge in [-0.05, 0) is 43.5 Å². The van der Waals surface area contributed by atoms with Gasteiger partial charge in [-0.3, -0.25) is 19.2 Å². The van der Waals surface area contributed by atoms with Crippen molar-refractivity contribution >= 4 is 50.7 Å². The number of esters is 1. The Morgan fingerprint density at radius 3 is 2.54 bits per heavy atom. The second kappa shape index (κ2) is 13.7. The number of benzene rings is 2. The van der Waals surface area contributed by atoms with E-state index in [1.54, 1.807) is 27.6 Å². The number of rotatable bonds is 6. The van der Waals surface area contributed by atoms with Gasteiger partial charge in [-0.1, -0.05) is 75.8 Å². The van der Waals surface area contributed by atoms with Crippen LogP contribution in [0.1, 0.15) is 37.9 Å². The van der Waals surface area contributed by atoms with Crippen LogP contribution in [0.25, 0.3) is 11.0 Å². The Labute approximate surface area is 297 Å². The van der Waals surface area contributed by atoms with Crippen LogP contribution in [-0.2, 0) is 35.3 Å². The molecule has 0 unspecified atom stereocenters. The highest BCUT2D eigenvalue weighted by Gasteiger charge is 2.75. The molecule has 0 radical (unpaired) electrons. The van der Waals surface area contributed by atoms with Crippen molar-refractivity contribution in [2.24, 2.45) is 11.8 Å². The summed E-state index contributed by atoms with van der Waals surface area (Å²) in [5, 5.41) is 18.3. The van der Waals surface area contributed by atoms with Crippen molar-refractivity contribution in [3.8, 4) is 0 Å². The number of ether oxygens (including phenoxy) is 2. The summed E-state index contributed by atoms with van der Waals surface area (Å²) in [5.41, 5.74) is 0.614. The fraction of sp³-hybridized carbons (Fsp3) is 0.444. The molecular formula is C36H39BrN6O7. The van der Waals surface area contributed by atoms with Gasteiger partial charge in [0, 0.05) is 37.6 Å². The number of cyclic esters (lactones) is 1. The van der Waals surface area contributed by atoms with Gasteiger partial charge in [-0.15, -0.1) is 5.10 Å². The van der Waals surface area contributed by atoms with E-state index in [4.69, 9.17) is 9.47 Å². The minimum Gasteiger partial charge on any atom is -0.455 e. The lowest BCUT2D eigenvalue weighted by atomic mass is 9.74. The van der Waals surface area contributed by atoms with Gasteiger partial charge in [0.2, 0.25) is 11.8 Å². The molecule has 2 saturated heterocycles. The fourth-order valence-electron chi connectivity index (χ4n) is 7.75. The highest BCUT2D eigenvalue weighted by atomic mass is 79.9. The molecule has 14 heteroatoms. The Hall–Kier alpha value is -4.40. The predicted molar refractivity (Wildman–Crippen MR) is 184 cm³/mol. The average molecular weight is 748 g/mol. The first-order valence-electron chi connectivity index (χ1n) is 16.9. The van der Waals surface area contributed by atoms with Crippen molar-refractivity contribution in [1.29, 1.82) is 0 Å². The zero-order valence-electron chi connectivity index (χ0n) is 27.8. The Kier molecular flexibility index (Phi) is 9.35. The summed E-state index contributed by atoms with van der Waals surface area (Å²) in [6, 6.07) is 14.9. The molecule has 50 heavy (non-hydrogen) atoms. The lowest BCUT2D eigenvalue weighted by molar-refractivity contribution is -0.164. The molecule has 1 aromatic heterocycles. The molecule has 1 spiro atoms. The monoisotopic (exact) mass is 746 g/mol. The number of nitrogens with zero attached hydrogens (tertiary/aromatic N) is 6. The topological polar surface area (TPSA) is 147 Å². The van der Waals surface area contributed by atoms with E-state index >= 15 is 0 Å². The first-order chi connectivity index (χ1) is 24.2. The Morgan fingerprint density at radius 2 is 1.76 bits per heavy atom. The normalized spacial score (nSPS) is 31.0. The largest absolute Gasteiger partial charge is 0.455 e. The van der Waals surface area contributed by atoms with Crippen LogP contribution < -0.4 is 0 Å². The van der Waals surface area contributed by atoms with Crippen LogP contribution in [0.3, 0.4) is 0 Å². The number of aliphatic hydroxyl groups excluding tert-OH is 1. The van der Waals surface area contributed by atoms with Gasteiger partial charge in [0.1, 0.15) is 42.0 Å². The van der Waals surface area contributed by atoms with Crippen LogP contribution in [0.15, 0.2) is 77.3 Å². The van der Waals surface area contributed by atoms with Gasteiger partial charge in [-0.2, -0.15) is 0 Å².